The summed E-state index contributed by atoms with van der Waals surface area (Å²) >= 11 is 1.62. The topological polar surface area (TPSA) is 87.7 Å². The Hall–Kier alpha value is -2.26. The smallest absolute Gasteiger partial charge is 0.244 e. The van der Waals surface area contributed by atoms with Crippen LogP contribution in [0.3, 0.4) is 0 Å². The van der Waals surface area contributed by atoms with Crippen LogP contribution in [0.15, 0.2) is 29.0 Å². The van der Waals surface area contributed by atoms with Crippen molar-refractivity contribution in [3.63, 3.8) is 0 Å². The Morgan fingerprint density at radius 2 is 2.35 bits per heavy atom. The lowest BCUT2D eigenvalue weighted by Crippen LogP contribution is -2.23. The van der Waals surface area contributed by atoms with Crippen molar-refractivity contribution in [3.8, 4) is 22.5 Å². The van der Waals surface area contributed by atoms with Crippen LogP contribution in [-0.4, -0.2) is 10.2 Å². The van der Waals surface area contributed by atoms with Gasteiger partial charge in [0.25, 0.3) is 0 Å². The van der Waals surface area contributed by atoms with Crippen molar-refractivity contribution in [1.82, 2.24) is 10.2 Å². The fraction of sp³-hybridized carbons (Fsp3) is 0.286. The second-order valence-corrected chi connectivity index (χ2v) is 5.96. The van der Waals surface area contributed by atoms with E-state index in [4.69, 9.17) is 10.5 Å². The molecule has 6 heteroatoms. The lowest BCUT2D eigenvalue weighted by molar-refractivity contribution is 0.360. The second kappa shape index (κ2) is 4.69. The fourth-order valence-electron chi connectivity index (χ4n) is 2.56. The lowest BCUT2D eigenvalue weighted by Gasteiger charge is -2.26. The lowest BCUT2D eigenvalue weighted by atomic mass is 9.81. The Labute approximate surface area is 120 Å². The highest BCUT2D eigenvalue weighted by atomic mass is 32.1. The SMILES string of the molecule is CC(C)[C@@H]1C(C#N)=C(N)Oc2n[nH]c(-c3cccs3)c21. The van der Waals surface area contributed by atoms with Gasteiger partial charge in [-0.3, -0.25) is 5.10 Å². The third-order valence-electron chi connectivity index (χ3n) is 3.42. The number of aromatic amines is 1. The molecule has 1 aliphatic rings. The largest absolute Gasteiger partial charge is 0.420 e. The van der Waals surface area contributed by atoms with E-state index in [0.717, 1.165) is 16.1 Å². The highest BCUT2D eigenvalue weighted by molar-refractivity contribution is 7.13. The minimum absolute atomic E-state index is 0.0976. The van der Waals surface area contributed by atoms with E-state index in [9.17, 15) is 5.26 Å². The van der Waals surface area contributed by atoms with Gasteiger partial charge in [0.1, 0.15) is 6.07 Å². The number of aromatic nitrogens is 2. The van der Waals surface area contributed by atoms with Crippen LogP contribution in [-0.2, 0) is 0 Å². The molecule has 1 atom stereocenters. The number of thiophene rings is 1. The van der Waals surface area contributed by atoms with Gasteiger partial charge in [-0.15, -0.1) is 16.4 Å². The monoisotopic (exact) mass is 286 g/mol. The van der Waals surface area contributed by atoms with Crippen molar-refractivity contribution < 1.29 is 4.74 Å². The molecule has 0 spiro atoms. The molecule has 0 radical (unpaired) electrons. The van der Waals surface area contributed by atoms with Gasteiger partial charge in [-0.05, 0) is 17.4 Å². The first-order valence-electron chi connectivity index (χ1n) is 6.33. The van der Waals surface area contributed by atoms with Gasteiger partial charge in [0.15, 0.2) is 0 Å². The molecule has 20 heavy (non-hydrogen) atoms. The molecule has 0 aromatic carbocycles. The predicted molar refractivity (Wildman–Crippen MR) is 76.9 cm³/mol. The predicted octanol–water partition coefficient (Wildman–Crippen LogP) is 2.96. The minimum atomic E-state index is -0.0976. The Balaban J connectivity index is 2.20. The Kier molecular flexibility index (Phi) is 2.99. The molecule has 102 valence electrons. The van der Waals surface area contributed by atoms with Crippen molar-refractivity contribution >= 4 is 11.3 Å². The summed E-state index contributed by atoms with van der Waals surface area (Å²) in [4.78, 5) is 1.07. The third kappa shape index (κ3) is 1.79. The molecular weight excluding hydrogens is 272 g/mol. The fourth-order valence-corrected chi connectivity index (χ4v) is 3.29. The summed E-state index contributed by atoms with van der Waals surface area (Å²) in [5, 5.41) is 18.6. The standard InChI is InChI=1S/C14H14N4OS/c1-7(2)10-8(6-15)13(16)19-14-11(10)12(17-18-14)9-4-3-5-20-9/h3-5,7,10H,16H2,1-2H3,(H,17,18)/t10-/m1/s1. The van der Waals surface area contributed by atoms with E-state index in [-0.39, 0.29) is 17.7 Å². The Bertz CT molecular complexity index is 706. The molecular formula is C14H14N4OS. The van der Waals surface area contributed by atoms with Crippen molar-refractivity contribution in [1.29, 1.82) is 5.26 Å². The van der Waals surface area contributed by atoms with Crippen LogP contribution in [0.25, 0.3) is 10.6 Å². The number of hydrogen-bond donors (Lipinski definition) is 2. The van der Waals surface area contributed by atoms with Crippen LogP contribution >= 0.6 is 11.3 Å². The van der Waals surface area contributed by atoms with Gasteiger partial charge in [0, 0.05) is 5.92 Å². The number of ether oxygens (including phenoxy) is 1. The number of nitriles is 1. The van der Waals surface area contributed by atoms with Crippen LogP contribution < -0.4 is 10.5 Å². The van der Waals surface area contributed by atoms with Crippen molar-refractivity contribution in [2.24, 2.45) is 11.7 Å². The second-order valence-electron chi connectivity index (χ2n) is 5.01. The van der Waals surface area contributed by atoms with Crippen molar-refractivity contribution in [3.05, 3.63) is 34.5 Å². The zero-order valence-electron chi connectivity index (χ0n) is 11.2. The molecule has 1 aliphatic heterocycles. The van der Waals surface area contributed by atoms with Gasteiger partial charge in [0.2, 0.25) is 11.8 Å². The third-order valence-corrected chi connectivity index (χ3v) is 4.31. The number of allylic oxidation sites excluding steroid dienone is 1. The number of hydrogen-bond acceptors (Lipinski definition) is 5. The molecule has 2 aromatic heterocycles. The molecule has 3 rings (SSSR count). The van der Waals surface area contributed by atoms with Gasteiger partial charge >= 0.3 is 0 Å². The van der Waals surface area contributed by atoms with Gasteiger partial charge < -0.3 is 10.5 Å². The highest BCUT2D eigenvalue weighted by Gasteiger charge is 2.36. The molecule has 0 aliphatic carbocycles. The van der Waals surface area contributed by atoms with E-state index in [1.807, 2.05) is 17.5 Å². The van der Waals surface area contributed by atoms with Gasteiger partial charge in [-0.25, -0.2) is 0 Å². The van der Waals surface area contributed by atoms with E-state index in [1.165, 1.54) is 0 Å². The van der Waals surface area contributed by atoms with Gasteiger partial charge in [-0.2, -0.15) is 5.26 Å². The highest BCUT2D eigenvalue weighted by Crippen LogP contribution is 2.46. The van der Waals surface area contributed by atoms with Gasteiger partial charge in [-0.1, -0.05) is 19.9 Å². The molecule has 0 amide bonds. The number of H-pyrrole nitrogens is 1. The maximum Gasteiger partial charge on any atom is 0.244 e. The van der Waals surface area contributed by atoms with Crippen LogP contribution in [0.5, 0.6) is 5.88 Å². The van der Waals surface area contributed by atoms with E-state index >= 15 is 0 Å². The van der Waals surface area contributed by atoms with Crippen molar-refractivity contribution in [2.75, 3.05) is 0 Å². The molecule has 2 aromatic rings. The zero-order chi connectivity index (χ0) is 14.3. The molecule has 3 heterocycles. The average molecular weight is 286 g/mol. The molecule has 0 saturated carbocycles. The molecule has 0 fully saturated rings. The molecule has 0 unspecified atom stereocenters. The summed E-state index contributed by atoms with van der Waals surface area (Å²) < 4.78 is 5.49. The van der Waals surface area contributed by atoms with E-state index in [1.54, 1.807) is 11.3 Å². The first-order chi connectivity index (χ1) is 9.63. The maximum absolute atomic E-state index is 9.37. The van der Waals surface area contributed by atoms with Crippen molar-refractivity contribution in [2.45, 2.75) is 19.8 Å². The number of nitrogens with one attached hydrogen (secondary N) is 1. The minimum Gasteiger partial charge on any atom is -0.420 e. The number of nitrogens with zero attached hydrogens (tertiary/aromatic N) is 2. The molecule has 5 nitrogen and oxygen atoms in total. The zero-order valence-corrected chi connectivity index (χ0v) is 12.0. The summed E-state index contributed by atoms with van der Waals surface area (Å²) in [6, 6.07) is 6.18. The van der Waals surface area contributed by atoms with E-state index in [0.29, 0.717) is 11.5 Å². The van der Waals surface area contributed by atoms with Crippen LogP contribution in [0.1, 0.15) is 25.3 Å². The number of nitrogens with two attached hydrogens (primary N) is 1. The summed E-state index contributed by atoms with van der Waals surface area (Å²) in [5.41, 5.74) is 8.16. The molecule has 3 N–H and O–H groups in total. The Morgan fingerprint density at radius 1 is 1.55 bits per heavy atom. The van der Waals surface area contributed by atoms with Crippen LogP contribution in [0.4, 0.5) is 0 Å². The molecule has 0 saturated heterocycles. The van der Waals surface area contributed by atoms with E-state index < -0.39 is 0 Å². The number of fused-ring (bicyclic) bond motifs is 1. The summed E-state index contributed by atoms with van der Waals surface area (Å²) in [7, 11) is 0. The quantitative estimate of drug-likeness (QED) is 0.888. The first kappa shape index (κ1) is 12.8. The number of rotatable bonds is 2. The van der Waals surface area contributed by atoms with Gasteiger partial charge in [0.05, 0.1) is 21.7 Å². The molecule has 0 bridgehead atoms. The Morgan fingerprint density at radius 3 is 2.95 bits per heavy atom. The van der Waals surface area contributed by atoms with E-state index in [2.05, 4.69) is 30.1 Å². The first-order valence-corrected chi connectivity index (χ1v) is 7.21. The van der Waals surface area contributed by atoms with Crippen LogP contribution in [0.2, 0.25) is 0 Å². The summed E-state index contributed by atoms with van der Waals surface area (Å²) in [5.74, 6) is 0.758. The summed E-state index contributed by atoms with van der Waals surface area (Å²) in [6.07, 6.45) is 0. The average Bonchev–Trinajstić information content (AvgIpc) is 3.04. The normalized spacial score (nSPS) is 17.8. The summed E-state index contributed by atoms with van der Waals surface area (Å²) in [6.45, 7) is 4.13. The van der Waals surface area contributed by atoms with Crippen LogP contribution in [0, 0.1) is 17.2 Å². The maximum atomic E-state index is 9.37.